The summed E-state index contributed by atoms with van der Waals surface area (Å²) in [5.74, 6) is 0.907. The molecule has 4 rings (SSSR count). The zero-order valence-corrected chi connectivity index (χ0v) is 22.7. The summed E-state index contributed by atoms with van der Waals surface area (Å²) in [7, 11) is -3.91. The highest BCUT2D eigenvalue weighted by atomic mass is 32.2. The Bertz CT molecular complexity index is 1230. The molecule has 4 N–H and O–H groups in total. The molecule has 4 heterocycles. The third-order valence-electron chi connectivity index (χ3n) is 6.00. The number of aryl methyl sites for hydroxylation is 2. The van der Waals surface area contributed by atoms with Crippen LogP contribution in [-0.4, -0.2) is 50.9 Å². The SMILES string of the molecule is Cc1cc([C@H](Nc2nsnc2Nc2csc(S(=O)(=O)N3CCCC3CO)c2O)C(C)C)sc1C. The maximum atomic E-state index is 13.1. The summed E-state index contributed by atoms with van der Waals surface area (Å²) in [5, 5.41) is 28.4. The number of hydrogen-bond donors (Lipinski definition) is 4. The van der Waals surface area contributed by atoms with Crippen LogP contribution in [0.1, 0.15) is 48.0 Å². The van der Waals surface area contributed by atoms with Crippen LogP contribution < -0.4 is 10.6 Å². The molecule has 0 aliphatic carbocycles. The van der Waals surface area contributed by atoms with E-state index < -0.39 is 16.1 Å². The van der Waals surface area contributed by atoms with Gasteiger partial charge in [-0.05, 0) is 44.2 Å². The van der Waals surface area contributed by atoms with Gasteiger partial charge in [0.25, 0.3) is 10.0 Å². The molecule has 2 atom stereocenters. The van der Waals surface area contributed by atoms with Crippen molar-refractivity contribution < 1.29 is 18.6 Å². The predicted molar refractivity (Wildman–Crippen MR) is 138 cm³/mol. The Morgan fingerprint density at radius 1 is 1.26 bits per heavy atom. The van der Waals surface area contributed by atoms with Crippen LogP contribution in [0.4, 0.5) is 17.3 Å². The van der Waals surface area contributed by atoms with Gasteiger partial charge in [-0.2, -0.15) is 13.1 Å². The molecule has 0 amide bonds. The summed E-state index contributed by atoms with van der Waals surface area (Å²) >= 11 is 3.72. The number of nitrogens with one attached hydrogen (secondary N) is 2. The van der Waals surface area contributed by atoms with Crippen molar-refractivity contribution in [1.29, 1.82) is 0 Å². The maximum absolute atomic E-state index is 13.1. The van der Waals surface area contributed by atoms with E-state index in [-0.39, 0.29) is 28.3 Å². The van der Waals surface area contributed by atoms with Gasteiger partial charge in [-0.15, -0.1) is 22.7 Å². The fraction of sp³-hybridized carbons (Fsp3) is 0.524. The lowest BCUT2D eigenvalue weighted by molar-refractivity contribution is 0.213. The average molecular weight is 544 g/mol. The third-order valence-corrected chi connectivity index (χ3v) is 11.2. The molecule has 13 heteroatoms. The summed E-state index contributed by atoms with van der Waals surface area (Å²) in [6.07, 6.45) is 1.29. The number of nitrogens with zero attached hydrogens (tertiary/aromatic N) is 3. The Morgan fingerprint density at radius 2 is 2.00 bits per heavy atom. The maximum Gasteiger partial charge on any atom is 0.256 e. The summed E-state index contributed by atoms with van der Waals surface area (Å²) in [6, 6.07) is 1.75. The monoisotopic (exact) mass is 543 g/mol. The van der Waals surface area contributed by atoms with E-state index in [9.17, 15) is 18.6 Å². The van der Waals surface area contributed by atoms with Gasteiger partial charge >= 0.3 is 0 Å². The first-order valence-electron chi connectivity index (χ1n) is 11.0. The molecule has 34 heavy (non-hydrogen) atoms. The van der Waals surface area contributed by atoms with Crippen LogP contribution in [0, 0.1) is 19.8 Å². The lowest BCUT2D eigenvalue weighted by atomic mass is 10.0. The molecule has 1 aliphatic heterocycles. The summed E-state index contributed by atoms with van der Waals surface area (Å²) in [6.45, 7) is 8.56. The highest BCUT2D eigenvalue weighted by molar-refractivity contribution is 7.91. The average Bonchev–Trinajstić information content (AvgIpc) is 3.56. The number of anilines is 3. The van der Waals surface area contributed by atoms with Gasteiger partial charge < -0.3 is 20.8 Å². The van der Waals surface area contributed by atoms with Crippen molar-refractivity contribution in [2.45, 2.75) is 56.8 Å². The molecule has 3 aromatic heterocycles. The van der Waals surface area contributed by atoms with Crippen molar-refractivity contribution in [1.82, 2.24) is 13.1 Å². The number of hydrogen-bond acceptors (Lipinski definition) is 11. The standard InChI is InChI=1S/C21H29N5O4S4/c1-11(2)17(16-8-12(3)13(4)32-16)23-20-19(24-33-25-20)22-15-10-31-21(18(15)28)34(29,30)26-7-5-6-14(26)9-27/h8,10-11,14,17,27-28H,5-7,9H2,1-4H3,(H,22,24)(H,23,25)/t14?,17-/m1/s1. The van der Waals surface area contributed by atoms with Gasteiger partial charge in [-0.3, -0.25) is 0 Å². The van der Waals surface area contributed by atoms with Crippen molar-refractivity contribution in [3.05, 3.63) is 26.8 Å². The van der Waals surface area contributed by atoms with Gasteiger partial charge in [0.2, 0.25) is 0 Å². The van der Waals surface area contributed by atoms with Crippen LogP contribution in [0.3, 0.4) is 0 Å². The van der Waals surface area contributed by atoms with E-state index in [0.29, 0.717) is 36.9 Å². The van der Waals surface area contributed by atoms with E-state index in [1.807, 2.05) is 0 Å². The highest BCUT2D eigenvalue weighted by Gasteiger charge is 2.38. The summed E-state index contributed by atoms with van der Waals surface area (Å²) in [5.41, 5.74) is 1.50. The fourth-order valence-corrected chi connectivity index (χ4v) is 8.76. The van der Waals surface area contributed by atoms with E-state index in [1.165, 1.54) is 19.6 Å². The highest BCUT2D eigenvalue weighted by Crippen LogP contribution is 2.43. The van der Waals surface area contributed by atoms with E-state index >= 15 is 0 Å². The molecule has 0 spiro atoms. The van der Waals surface area contributed by atoms with Crippen molar-refractivity contribution >= 4 is 61.7 Å². The van der Waals surface area contributed by atoms with Gasteiger partial charge in [-0.1, -0.05) is 13.8 Å². The zero-order chi connectivity index (χ0) is 24.6. The summed E-state index contributed by atoms with van der Waals surface area (Å²) < 4.78 is 36.1. The van der Waals surface area contributed by atoms with Gasteiger partial charge in [0.15, 0.2) is 21.6 Å². The Balaban J connectivity index is 1.56. The van der Waals surface area contributed by atoms with Crippen molar-refractivity contribution in [3.8, 4) is 5.75 Å². The Kier molecular flexibility index (Phi) is 7.50. The lowest BCUT2D eigenvalue weighted by Gasteiger charge is -2.22. The van der Waals surface area contributed by atoms with E-state index in [0.717, 1.165) is 23.1 Å². The molecule has 1 unspecified atom stereocenters. The largest absolute Gasteiger partial charge is 0.504 e. The Morgan fingerprint density at radius 3 is 2.65 bits per heavy atom. The molecule has 3 aromatic rings. The van der Waals surface area contributed by atoms with Gasteiger partial charge in [0.1, 0.15) is 0 Å². The quantitative estimate of drug-likeness (QED) is 0.306. The second-order valence-corrected chi connectivity index (χ2v) is 13.5. The minimum Gasteiger partial charge on any atom is -0.504 e. The third kappa shape index (κ3) is 4.82. The van der Waals surface area contributed by atoms with Crippen LogP contribution in [0.5, 0.6) is 5.75 Å². The van der Waals surface area contributed by atoms with Crippen molar-refractivity contribution in [2.24, 2.45) is 5.92 Å². The van der Waals surface area contributed by atoms with Crippen molar-refractivity contribution in [3.63, 3.8) is 0 Å². The molecule has 1 fully saturated rings. The topological polar surface area (TPSA) is 128 Å². The molecule has 0 saturated carbocycles. The first-order chi connectivity index (χ1) is 16.1. The van der Waals surface area contributed by atoms with E-state index in [1.54, 1.807) is 16.7 Å². The normalized spacial score (nSPS) is 18.0. The molecular formula is C21H29N5O4S4. The van der Waals surface area contributed by atoms with Crippen LogP contribution in [0.15, 0.2) is 15.7 Å². The number of aromatic hydroxyl groups is 1. The second-order valence-electron chi connectivity index (χ2n) is 8.72. The van der Waals surface area contributed by atoms with E-state index in [4.69, 9.17) is 0 Å². The number of aromatic nitrogens is 2. The predicted octanol–water partition coefficient (Wildman–Crippen LogP) is 4.68. The molecule has 9 nitrogen and oxygen atoms in total. The van der Waals surface area contributed by atoms with Gasteiger partial charge in [0.05, 0.1) is 30.1 Å². The molecule has 0 radical (unpaired) electrons. The zero-order valence-electron chi connectivity index (χ0n) is 19.4. The Hall–Kier alpha value is -1.77. The molecule has 0 aromatic carbocycles. The van der Waals surface area contributed by atoms with Crippen LogP contribution in [0.2, 0.25) is 0 Å². The second kappa shape index (κ2) is 10.1. The minimum atomic E-state index is -3.91. The molecule has 1 saturated heterocycles. The van der Waals surface area contributed by atoms with E-state index in [2.05, 4.69) is 53.1 Å². The number of thiophene rings is 2. The molecular weight excluding hydrogens is 515 g/mol. The fourth-order valence-electron chi connectivity index (χ4n) is 3.98. The van der Waals surface area contributed by atoms with Crippen molar-refractivity contribution in [2.75, 3.05) is 23.8 Å². The van der Waals surface area contributed by atoms with Gasteiger partial charge in [0, 0.05) is 27.7 Å². The smallest absolute Gasteiger partial charge is 0.256 e. The number of rotatable bonds is 9. The number of sulfonamides is 1. The Labute approximate surface area is 211 Å². The molecule has 1 aliphatic rings. The van der Waals surface area contributed by atoms with Gasteiger partial charge in [-0.25, -0.2) is 8.42 Å². The van der Waals surface area contributed by atoms with Crippen LogP contribution in [0.25, 0.3) is 0 Å². The lowest BCUT2D eigenvalue weighted by Crippen LogP contribution is -2.37. The van der Waals surface area contributed by atoms with Crippen LogP contribution >= 0.6 is 34.4 Å². The summed E-state index contributed by atoms with van der Waals surface area (Å²) in [4.78, 5) is 2.48. The molecule has 186 valence electrons. The van der Waals surface area contributed by atoms with Crippen LogP contribution in [-0.2, 0) is 10.0 Å². The molecule has 0 bridgehead atoms. The number of aliphatic hydroxyl groups is 1. The minimum absolute atomic E-state index is 0.0273. The first-order valence-corrected chi connectivity index (χ1v) is 14.9. The number of aliphatic hydroxyl groups excluding tert-OH is 1. The first kappa shape index (κ1) is 25.3.